The van der Waals surface area contributed by atoms with Crippen LogP contribution in [0.2, 0.25) is 0 Å². The molecule has 0 radical (unpaired) electrons. The van der Waals surface area contributed by atoms with E-state index in [-0.39, 0.29) is 30.5 Å². The number of nitro benzene ring substituents is 1. The smallest absolute Gasteiger partial charge is 0.271 e. The summed E-state index contributed by atoms with van der Waals surface area (Å²) < 4.78 is 29.3. The number of hydrogen-bond acceptors (Lipinski definition) is 6. The SMILES string of the molecule is COc1ccc([N+](=O)[O-])cc1NC(=O)C=Cc1cc(F)cc2c1OCOC2. The van der Waals surface area contributed by atoms with Crippen LogP contribution in [0.15, 0.2) is 36.4 Å². The highest BCUT2D eigenvalue weighted by atomic mass is 19.1. The van der Waals surface area contributed by atoms with E-state index in [1.165, 1.54) is 49.6 Å². The molecule has 2 aromatic rings. The third-order valence-corrected chi connectivity index (χ3v) is 3.77. The number of ether oxygens (including phenoxy) is 3. The second-order valence-electron chi connectivity index (χ2n) is 5.56. The van der Waals surface area contributed by atoms with Crippen molar-refractivity contribution in [3.63, 3.8) is 0 Å². The van der Waals surface area contributed by atoms with E-state index in [4.69, 9.17) is 14.2 Å². The number of halogens is 1. The fourth-order valence-electron chi connectivity index (χ4n) is 2.58. The summed E-state index contributed by atoms with van der Waals surface area (Å²) in [5.74, 6) is -0.340. The van der Waals surface area contributed by atoms with Gasteiger partial charge in [0.1, 0.15) is 17.3 Å². The number of nitrogens with one attached hydrogen (secondary N) is 1. The average molecular weight is 374 g/mol. The number of carbonyl (C=O) groups is 1. The highest BCUT2D eigenvalue weighted by molar-refractivity contribution is 6.03. The molecule has 0 unspecified atom stereocenters. The van der Waals surface area contributed by atoms with Gasteiger partial charge in [0, 0.05) is 29.3 Å². The number of benzene rings is 2. The summed E-state index contributed by atoms with van der Waals surface area (Å²) >= 11 is 0. The molecule has 140 valence electrons. The molecule has 27 heavy (non-hydrogen) atoms. The summed E-state index contributed by atoms with van der Waals surface area (Å²) in [6.07, 6.45) is 2.57. The Labute approximate surface area is 153 Å². The molecule has 1 heterocycles. The van der Waals surface area contributed by atoms with E-state index in [1.54, 1.807) is 0 Å². The van der Waals surface area contributed by atoms with E-state index in [0.717, 1.165) is 0 Å². The van der Waals surface area contributed by atoms with Crippen LogP contribution in [-0.4, -0.2) is 24.7 Å². The Morgan fingerprint density at radius 3 is 2.93 bits per heavy atom. The second-order valence-corrected chi connectivity index (χ2v) is 5.56. The molecule has 3 rings (SSSR count). The number of fused-ring (bicyclic) bond motifs is 1. The minimum Gasteiger partial charge on any atom is -0.495 e. The zero-order chi connectivity index (χ0) is 19.4. The Bertz CT molecular complexity index is 928. The van der Waals surface area contributed by atoms with Crippen molar-refractivity contribution in [1.29, 1.82) is 0 Å². The van der Waals surface area contributed by atoms with Gasteiger partial charge in [-0.25, -0.2) is 4.39 Å². The van der Waals surface area contributed by atoms with E-state index >= 15 is 0 Å². The van der Waals surface area contributed by atoms with Crippen LogP contribution < -0.4 is 14.8 Å². The number of amides is 1. The van der Waals surface area contributed by atoms with Crippen LogP contribution in [0.3, 0.4) is 0 Å². The van der Waals surface area contributed by atoms with Gasteiger partial charge in [0.15, 0.2) is 6.79 Å². The molecule has 0 saturated heterocycles. The molecular formula is C18H15FN2O6. The standard InChI is InChI=1S/C18H15FN2O6/c1-25-16-4-3-14(21(23)24)8-15(16)20-17(22)5-2-11-6-13(19)7-12-9-26-10-27-18(11)12/h2-8H,9-10H2,1H3,(H,20,22). The van der Waals surface area contributed by atoms with Crippen LogP contribution in [0, 0.1) is 15.9 Å². The Kier molecular flexibility index (Phi) is 5.32. The minimum atomic E-state index is -0.580. The zero-order valence-corrected chi connectivity index (χ0v) is 14.2. The predicted molar refractivity (Wildman–Crippen MR) is 94.0 cm³/mol. The Balaban J connectivity index is 1.82. The lowest BCUT2D eigenvalue weighted by Crippen LogP contribution is -2.13. The maximum Gasteiger partial charge on any atom is 0.271 e. The van der Waals surface area contributed by atoms with Crippen LogP contribution in [0.1, 0.15) is 11.1 Å². The molecule has 0 atom stereocenters. The van der Waals surface area contributed by atoms with Crippen molar-refractivity contribution in [2.45, 2.75) is 6.61 Å². The molecule has 1 aliphatic rings. The maximum atomic E-state index is 13.7. The average Bonchev–Trinajstić information content (AvgIpc) is 2.65. The lowest BCUT2D eigenvalue weighted by Gasteiger charge is -2.19. The quantitative estimate of drug-likeness (QED) is 0.490. The van der Waals surface area contributed by atoms with Crippen molar-refractivity contribution < 1.29 is 28.3 Å². The van der Waals surface area contributed by atoms with Crippen molar-refractivity contribution in [3.05, 3.63) is 63.5 Å². The van der Waals surface area contributed by atoms with Gasteiger partial charge in [-0.3, -0.25) is 14.9 Å². The summed E-state index contributed by atoms with van der Waals surface area (Å²) in [6, 6.07) is 6.38. The van der Waals surface area contributed by atoms with E-state index < -0.39 is 16.6 Å². The Hall–Kier alpha value is -3.46. The minimum absolute atomic E-state index is 0.0382. The Morgan fingerprint density at radius 2 is 2.19 bits per heavy atom. The normalized spacial score (nSPS) is 13.0. The van der Waals surface area contributed by atoms with Crippen molar-refractivity contribution in [3.8, 4) is 11.5 Å². The molecular weight excluding hydrogens is 359 g/mol. The summed E-state index contributed by atoms with van der Waals surface area (Å²) in [7, 11) is 1.38. The van der Waals surface area contributed by atoms with Gasteiger partial charge >= 0.3 is 0 Å². The largest absolute Gasteiger partial charge is 0.495 e. The van der Waals surface area contributed by atoms with E-state index in [1.807, 2.05) is 0 Å². The first kappa shape index (κ1) is 18.3. The molecule has 0 fully saturated rings. The molecule has 1 aliphatic heterocycles. The van der Waals surface area contributed by atoms with E-state index in [2.05, 4.69) is 5.32 Å². The zero-order valence-electron chi connectivity index (χ0n) is 14.2. The van der Waals surface area contributed by atoms with Gasteiger partial charge < -0.3 is 19.5 Å². The lowest BCUT2D eigenvalue weighted by molar-refractivity contribution is -0.384. The van der Waals surface area contributed by atoms with Crippen LogP contribution in [0.5, 0.6) is 11.5 Å². The first-order chi connectivity index (χ1) is 13.0. The fraction of sp³-hybridized carbons (Fsp3) is 0.167. The van der Waals surface area contributed by atoms with Gasteiger partial charge in [0.25, 0.3) is 5.69 Å². The highest BCUT2D eigenvalue weighted by Crippen LogP contribution is 2.31. The van der Waals surface area contributed by atoms with E-state index in [0.29, 0.717) is 16.9 Å². The maximum absolute atomic E-state index is 13.7. The molecule has 0 spiro atoms. The monoisotopic (exact) mass is 374 g/mol. The van der Waals surface area contributed by atoms with Crippen molar-refractivity contribution in [2.24, 2.45) is 0 Å². The van der Waals surface area contributed by atoms with Crippen LogP contribution >= 0.6 is 0 Å². The predicted octanol–water partition coefficient (Wildman–Crippen LogP) is 3.26. The number of anilines is 1. The molecule has 1 amide bonds. The van der Waals surface area contributed by atoms with Gasteiger partial charge in [-0.2, -0.15) is 0 Å². The summed E-state index contributed by atoms with van der Waals surface area (Å²) in [5.41, 5.74) is 0.881. The number of hydrogen-bond donors (Lipinski definition) is 1. The van der Waals surface area contributed by atoms with Gasteiger partial charge in [-0.1, -0.05) is 0 Å². The Morgan fingerprint density at radius 1 is 1.37 bits per heavy atom. The van der Waals surface area contributed by atoms with Gasteiger partial charge in [-0.05, 0) is 24.3 Å². The lowest BCUT2D eigenvalue weighted by atomic mass is 10.1. The van der Waals surface area contributed by atoms with Crippen LogP contribution in [0.4, 0.5) is 15.8 Å². The molecule has 1 N–H and O–H groups in total. The van der Waals surface area contributed by atoms with Gasteiger partial charge in [-0.15, -0.1) is 0 Å². The highest BCUT2D eigenvalue weighted by Gasteiger charge is 2.16. The molecule has 9 heteroatoms. The molecule has 0 aliphatic carbocycles. The first-order valence-corrected chi connectivity index (χ1v) is 7.82. The fourth-order valence-corrected chi connectivity index (χ4v) is 2.58. The third-order valence-electron chi connectivity index (χ3n) is 3.77. The first-order valence-electron chi connectivity index (χ1n) is 7.82. The second kappa shape index (κ2) is 7.83. The number of carbonyl (C=O) groups excluding carboxylic acids is 1. The number of methoxy groups -OCH3 is 1. The number of rotatable bonds is 5. The molecule has 2 aromatic carbocycles. The number of non-ortho nitro benzene ring substituents is 1. The molecule has 0 saturated carbocycles. The number of nitro groups is 1. The third kappa shape index (κ3) is 4.21. The summed E-state index contributed by atoms with van der Waals surface area (Å²) in [4.78, 5) is 22.5. The summed E-state index contributed by atoms with van der Waals surface area (Å²) in [5, 5.41) is 13.4. The molecule has 8 nitrogen and oxygen atoms in total. The van der Waals surface area contributed by atoms with Crippen LogP contribution in [0.25, 0.3) is 6.08 Å². The van der Waals surface area contributed by atoms with Gasteiger partial charge in [0.2, 0.25) is 5.91 Å². The number of nitrogens with zero attached hydrogens (tertiary/aromatic N) is 1. The van der Waals surface area contributed by atoms with Crippen LogP contribution in [-0.2, 0) is 16.1 Å². The van der Waals surface area contributed by atoms with Crippen molar-refractivity contribution in [1.82, 2.24) is 0 Å². The van der Waals surface area contributed by atoms with Crippen molar-refractivity contribution in [2.75, 3.05) is 19.2 Å². The topological polar surface area (TPSA) is 99.9 Å². The van der Waals surface area contributed by atoms with E-state index in [9.17, 15) is 19.3 Å². The van der Waals surface area contributed by atoms with Gasteiger partial charge in [0.05, 0.1) is 24.3 Å². The summed E-state index contributed by atoms with van der Waals surface area (Å²) in [6.45, 7) is 0.252. The molecule has 0 bridgehead atoms. The molecule has 0 aromatic heterocycles. The van der Waals surface area contributed by atoms with Crippen molar-refractivity contribution >= 4 is 23.4 Å².